The Morgan fingerprint density at radius 1 is 1.56 bits per heavy atom. The summed E-state index contributed by atoms with van der Waals surface area (Å²) in [6, 6.07) is 0. The molecule has 0 spiro atoms. The van der Waals surface area contributed by atoms with E-state index in [2.05, 4.69) is 21.0 Å². The lowest BCUT2D eigenvalue weighted by Crippen LogP contribution is -2.32. The van der Waals surface area contributed by atoms with Crippen molar-refractivity contribution < 1.29 is 4.79 Å². The van der Waals surface area contributed by atoms with Crippen LogP contribution in [0.4, 0.5) is 0 Å². The standard InChI is InChI=1S/C11H18BrN3O/c1-4-10-9(8-14(3)13-10)11(16)15(5-2)7-6-12/h8H,4-7H2,1-3H3. The third-order valence-electron chi connectivity index (χ3n) is 2.49. The van der Waals surface area contributed by atoms with E-state index in [1.165, 1.54) is 0 Å². The average molecular weight is 288 g/mol. The average Bonchev–Trinajstić information content (AvgIpc) is 2.66. The molecule has 90 valence electrons. The van der Waals surface area contributed by atoms with E-state index in [-0.39, 0.29) is 5.91 Å². The second-order valence-corrected chi connectivity index (χ2v) is 4.38. The molecule has 0 aliphatic rings. The molecule has 1 aromatic rings. The Morgan fingerprint density at radius 2 is 2.25 bits per heavy atom. The number of aromatic nitrogens is 2. The number of halogens is 1. The molecular weight excluding hydrogens is 270 g/mol. The van der Waals surface area contributed by atoms with Crippen LogP contribution in [0.2, 0.25) is 0 Å². The van der Waals surface area contributed by atoms with Crippen LogP contribution >= 0.6 is 15.9 Å². The molecule has 0 N–H and O–H groups in total. The third-order valence-corrected chi connectivity index (χ3v) is 2.85. The van der Waals surface area contributed by atoms with Crippen molar-refractivity contribution in [3.8, 4) is 0 Å². The van der Waals surface area contributed by atoms with Crippen LogP contribution in [0, 0.1) is 0 Å². The van der Waals surface area contributed by atoms with Gasteiger partial charge in [0.15, 0.2) is 0 Å². The van der Waals surface area contributed by atoms with Crippen molar-refractivity contribution in [3.05, 3.63) is 17.5 Å². The summed E-state index contributed by atoms with van der Waals surface area (Å²) in [6.07, 6.45) is 2.59. The summed E-state index contributed by atoms with van der Waals surface area (Å²) in [7, 11) is 1.84. The molecule has 0 unspecified atom stereocenters. The first-order valence-corrected chi connectivity index (χ1v) is 6.63. The molecule has 1 amide bonds. The minimum atomic E-state index is 0.0758. The Hall–Kier alpha value is -0.840. The summed E-state index contributed by atoms with van der Waals surface area (Å²) in [5, 5.41) is 5.08. The van der Waals surface area contributed by atoms with Gasteiger partial charge >= 0.3 is 0 Å². The quantitative estimate of drug-likeness (QED) is 0.775. The number of rotatable bonds is 5. The predicted molar refractivity (Wildman–Crippen MR) is 68.0 cm³/mol. The van der Waals surface area contributed by atoms with Crippen LogP contribution in [0.1, 0.15) is 29.9 Å². The van der Waals surface area contributed by atoms with E-state index in [0.717, 1.165) is 36.1 Å². The molecule has 0 aromatic carbocycles. The van der Waals surface area contributed by atoms with Crippen molar-refractivity contribution in [3.63, 3.8) is 0 Å². The van der Waals surface area contributed by atoms with Gasteiger partial charge in [0, 0.05) is 31.7 Å². The van der Waals surface area contributed by atoms with E-state index in [4.69, 9.17) is 0 Å². The molecule has 1 heterocycles. The van der Waals surface area contributed by atoms with Gasteiger partial charge in [0.25, 0.3) is 5.91 Å². The fourth-order valence-corrected chi connectivity index (χ4v) is 2.08. The van der Waals surface area contributed by atoms with Gasteiger partial charge in [-0.3, -0.25) is 9.48 Å². The maximum atomic E-state index is 12.2. The van der Waals surface area contributed by atoms with Crippen LogP contribution in [0.5, 0.6) is 0 Å². The summed E-state index contributed by atoms with van der Waals surface area (Å²) in [5.74, 6) is 0.0758. The first kappa shape index (κ1) is 13.2. The first-order valence-electron chi connectivity index (χ1n) is 5.51. The number of amides is 1. The van der Waals surface area contributed by atoms with Gasteiger partial charge in [-0.2, -0.15) is 5.10 Å². The maximum Gasteiger partial charge on any atom is 0.257 e. The van der Waals surface area contributed by atoms with Gasteiger partial charge < -0.3 is 4.90 Å². The van der Waals surface area contributed by atoms with Crippen molar-refractivity contribution in [1.29, 1.82) is 0 Å². The highest BCUT2D eigenvalue weighted by atomic mass is 79.9. The number of hydrogen-bond acceptors (Lipinski definition) is 2. The smallest absolute Gasteiger partial charge is 0.257 e. The summed E-state index contributed by atoms with van der Waals surface area (Å²) >= 11 is 3.36. The summed E-state index contributed by atoms with van der Waals surface area (Å²) in [6.45, 7) is 5.46. The largest absolute Gasteiger partial charge is 0.338 e. The Labute approximate surface area is 105 Å². The van der Waals surface area contributed by atoms with Crippen molar-refractivity contribution in [2.75, 3.05) is 18.4 Å². The number of hydrogen-bond donors (Lipinski definition) is 0. The molecule has 16 heavy (non-hydrogen) atoms. The molecule has 5 heteroatoms. The van der Waals surface area contributed by atoms with Gasteiger partial charge in [-0.1, -0.05) is 22.9 Å². The Bertz CT molecular complexity index is 362. The molecule has 0 saturated carbocycles. The van der Waals surface area contributed by atoms with Gasteiger partial charge in [-0.15, -0.1) is 0 Å². The van der Waals surface area contributed by atoms with Crippen LogP contribution in [0.3, 0.4) is 0 Å². The van der Waals surface area contributed by atoms with E-state index in [0.29, 0.717) is 0 Å². The molecule has 0 fully saturated rings. The lowest BCUT2D eigenvalue weighted by atomic mass is 10.2. The maximum absolute atomic E-state index is 12.2. The first-order chi connectivity index (χ1) is 7.63. The topological polar surface area (TPSA) is 38.1 Å². The summed E-state index contributed by atoms with van der Waals surface area (Å²) < 4.78 is 1.70. The van der Waals surface area contributed by atoms with E-state index < -0.39 is 0 Å². The van der Waals surface area contributed by atoms with Gasteiger partial charge in [-0.25, -0.2) is 0 Å². The highest BCUT2D eigenvalue weighted by Gasteiger charge is 2.19. The van der Waals surface area contributed by atoms with Crippen LogP contribution in [-0.2, 0) is 13.5 Å². The van der Waals surface area contributed by atoms with E-state index in [1.807, 2.05) is 25.8 Å². The molecule has 0 bridgehead atoms. The van der Waals surface area contributed by atoms with Crippen molar-refractivity contribution in [2.24, 2.45) is 7.05 Å². The molecule has 4 nitrogen and oxygen atoms in total. The Balaban J connectivity index is 2.93. The Kier molecular flexibility index (Phi) is 4.99. The number of nitrogens with zero attached hydrogens (tertiary/aromatic N) is 3. The molecule has 0 aliphatic carbocycles. The normalized spacial score (nSPS) is 10.5. The Morgan fingerprint density at radius 3 is 2.75 bits per heavy atom. The SMILES string of the molecule is CCc1nn(C)cc1C(=O)N(CC)CCBr. The second-order valence-electron chi connectivity index (χ2n) is 3.59. The molecule has 0 saturated heterocycles. The zero-order valence-corrected chi connectivity index (χ0v) is 11.6. The van der Waals surface area contributed by atoms with Gasteiger partial charge in [-0.05, 0) is 13.3 Å². The number of carbonyl (C=O) groups is 1. The van der Waals surface area contributed by atoms with Crippen molar-refractivity contribution in [2.45, 2.75) is 20.3 Å². The fraction of sp³-hybridized carbons (Fsp3) is 0.636. The second kappa shape index (κ2) is 6.03. The lowest BCUT2D eigenvalue weighted by molar-refractivity contribution is 0.0774. The molecule has 1 aromatic heterocycles. The summed E-state index contributed by atoms with van der Waals surface area (Å²) in [4.78, 5) is 14.0. The minimum Gasteiger partial charge on any atom is -0.338 e. The number of alkyl halides is 1. The molecule has 0 radical (unpaired) electrons. The fourth-order valence-electron chi connectivity index (χ4n) is 1.65. The molecule has 0 aliphatic heterocycles. The molecular formula is C11H18BrN3O. The van der Waals surface area contributed by atoms with E-state index in [1.54, 1.807) is 10.9 Å². The number of aryl methyl sites for hydroxylation is 2. The molecule has 1 rings (SSSR count). The highest BCUT2D eigenvalue weighted by molar-refractivity contribution is 9.09. The van der Waals surface area contributed by atoms with E-state index >= 15 is 0 Å². The predicted octanol–water partition coefficient (Wildman–Crippen LogP) is 1.84. The zero-order chi connectivity index (χ0) is 12.1. The summed E-state index contributed by atoms with van der Waals surface area (Å²) in [5.41, 5.74) is 1.60. The van der Waals surface area contributed by atoms with Crippen molar-refractivity contribution in [1.82, 2.24) is 14.7 Å². The third kappa shape index (κ3) is 2.84. The number of carbonyl (C=O) groups excluding carboxylic acids is 1. The lowest BCUT2D eigenvalue weighted by Gasteiger charge is -2.19. The van der Waals surface area contributed by atoms with E-state index in [9.17, 15) is 4.79 Å². The van der Waals surface area contributed by atoms with Crippen LogP contribution < -0.4 is 0 Å². The van der Waals surface area contributed by atoms with Crippen LogP contribution in [-0.4, -0.2) is 39.0 Å². The zero-order valence-electron chi connectivity index (χ0n) is 10.0. The minimum absolute atomic E-state index is 0.0758. The highest BCUT2D eigenvalue weighted by Crippen LogP contribution is 2.11. The van der Waals surface area contributed by atoms with Crippen LogP contribution in [0.25, 0.3) is 0 Å². The van der Waals surface area contributed by atoms with Crippen molar-refractivity contribution >= 4 is 21.8 Å². The molecule has 0 atom stereocenters. The monoisotopic (exact) mass is 287 g/mol. The van der Waals surface area contributed by atoms with Crippen LogP contribution in [0.15, 0.2) is 6.20 Å². The van der Waals surface area contributed by atoms with Gasteiger partial charge in [0.05, 0.1) is 11.3 Å². The van der Waals surface area contributed by atoms with Gasteiger partial charge in [0.1, 0.15) is 0 Å². The van der Waals surface area contributed by atoms with Gasteiger partial charge in [0.2, 0.25) is 0 Å².